The lowest BCUT2D eigenvalue weighted by Gasteiger charge is -2.31. The predicted molar refractivity (Wildman–Crippen MR) is 150 cm³/mol. The summed E-state index contributed by atoms with van der Waals surface area (Å²) in [6.07, 6.45) is -0.0516. The summed E-state index contributed by atoms with van der Waals surface area (Å²) in [5.41, 5.74) is 6.53. The maximum atomic E-state index is 12.6. The number of ether oxygens (including phenoxy) is 4. The number of hydrogen-bond donors (Lipinski definition) is 2. The van der Waals surface area contributed by atoms with Crippen LogP contribution in [0.4, 0.5) is 4.79 Å². The van der Waals surface area contributed by atoms with Crippen molar-refractivity contribution in [2.75, 3.05) is 6.61 Å². The van der Waals surface area contributed by atoms with Crippen molar-refractivity contribution in [3.8, 4) is 11.5 Å². The van der Waals surface area contributed by atoms with E-state index in [-0.39, 0.29) is 42.8 Å². The van der Waals surface area contributed by atoms with Crippen molar-refractivity contribution in [3.63, 3.8) is 0 Å². The number of carboxylic acid groups (broad SMARTS) is 1. The topological polar surface area (TPSA) is 151 Å². The van der Waals surface area contributed by atoms with E-state index in [9.17, 15) is 24.3 Å². The fourth-order valence-corrected chi connectivity index (χ4v) is 3.87. The molecule has 0 aliphatic heterocycles. The Kier molecular flexibility index (Phi) is 14.7. The molecule has 3 unspecified atom stereocenters. The molecule has 0 bridgehead atoms. The highest BCUT2D eigenvalue weighted by Gasteiger charge is 2.36. The molecular formula is C30H47NO9. The van der Waals surface area contributed by atoms with Gasteiger partial charge in [0.25, 0.3) is 0 Å². The smallest absolute Gasteiger partial charge is 0.480 e. The van der Waals surface area contributed by atoms with Crippen LogP contribution in [-0.2, 0) is 23.9 Å². The molecule has 0 fully saturated rings. The molecule has 0 saturated heterocycles. The van der Waals surface area contributed by atoms with E-state index < -0.39 is 48.0 Å². The van der Waals surface area contributed by atoms with Gasteiger partial charge < -0.3 is 29.8 Å². The lowest BCUT2D eigenvalue weighted by atomic mass is 9.79. The van der Waals surface area contributed by atoms with Crippen LogP contribution in [0.15, 0.2) is 18.2 Å². The standard InChI is InChI=1S/C30H47NO9/c1-17(2)9-13-25(32)39-23-12-11-22(15-24(23)40-26(33)14-10-18(3)4)27(28(31)29(34)35)20(7)21(8)38-30(36)37-16-19(5)6/h11-12,15,17-21,27-28H,9-10,13-14,16,31H2,1-8H3,(H,34,35)/t20?,21?,27?,28-/m0/s1. The molecule has 0 heterocycles. The van der Waals surface area contributed by atoms with Crippen molar-refractivity contribution in [1.29, 1.82) is 0 Å². The highest BCUT2D eigenvalue weighted by Crippen LogP contribution is 2.37. The first-order valence-electron chi connectivity index (χ1n) is 14.0. The second-order valence-corrected chi connectivity index (χ2v) is 11.5. The number of benzene rings is 1. The Labute approximate surface area is 237 Å². The minimum Gasteiger partial charge on any atom is -0.480 e. The van der Waals surface area contributed by atoms with Gasteiger partial charge in [-0.3, -0.25) is 14.4 Å². The number of aliphatic carboxylic acids is 1. The molecule has 40 heavy (non-hydrogen) atoms. The SMILES string of the molecule is CC(C)CCC(=O)Oc1ccc(C(C(C)C(C)OC(=O)OCC(C)C)[C@H](N)C(=O)O)cc1OC(=O)CCC(C)C. The van der Waals surface area contributed by atoms with Crippen molar-refractivity contribution in [3.05, 3.63) is 23.8 Å². The van der Waals surface area contributed by atoms with Gasteiger partial charge >= 0.3 is 24.1 Å². The molecule has 1 aromatic rings. The monoisotopic (exact) mass is 565 g/mol. The van der Waals surface area contributed by atoms with Crippen LogP contribution in [0.25, 0.3) is 0 Å². The van der Waals surface area contributed by atoms with Crippen LogP contribution in [0, 0.1) is 23.7 Å². The Bertz CT molecular complexity index is 989. The van der Waals surface area contributed by atoms with Crippen LogP contribution >= 0.6 is 0 Å². The van der Waals surface area contributed by atoms with Crippen LogP contribution in [0.3, 0.4) is 0 Å². The highest BCUT2D eigenvalue weighted by molar-refractivity contribution is 5.77. The zero-order valence-electron chi connectivity index (χ0n) is 25.1. The van der Waals surface area contributed by atoms with Crippen molar-refractivity contribution in [2.45, 2.75) is 99.1 Å². The molecule has 10 nitrogen and oxygen atoms in total. The molecule has 1 aromatic carbocycles. The molecule has 0 aromatic heterocycles. The second kappa shape index (κ2) is 16.8. The van der Waals surface area contributed by atoms with Crippen molar-refractivity contribution in [2.24, 2.45) is 29.4 Å². The number of esters is 2. The third-order valence-corrected chi connectivity index (χ3v) is 6.45. The van der Waals surface area contributed by atoms with Gasteiger partial charge in [0, 0.05) is 24.7 Å². The summed E-state index contributed by atoms with van der Waals surface area (Å²) in [6.45, 7) is 15.2. The quantitative estimate of drug-likeness (QED) is 0.189. The van der Waals surface area contributed by atoms with Crippen LogP contribution < -0.4 is 15.2 Å². The summed E-state index contributed by atoms with van der Waals surface area (Å²) < 4.78 is 21.6. The third kappa shape index (κ3) is 12.4. The van der Waals surface area contributed by atoms with E-state index in [4.69, 9.17) is 24.7 Å². The average molecular weight is 566 g/mol. The maximum Gasteiger partial charge on any atom is 0.508 e. The Morgan fingerprint density at radius 3 is 1.80 bits per heavy atom. The van der Waals surface area contributed by atoms with Gasteiger partial charge in [-0.2, -0.15) is 0 Å². The largest absolute Gasteiger partial charge is 0.508 e. The lowest BCUT2D eigenvalue weighted by molar-refractivity contribution is -0.140. The summed E-state index contributed by atoms with van der Waals surface area (Å²) in [6, 6.07) is 3.12. The molecule has 0 radical (unpaired) electrons. The van der Waals surface area contributed by atoms with Gasteiger partial charge in [0.05, 0.1) is 6.61 Å². The average Bonchev–Trinajstić information content (AvgIpc) is 2.86. The molecule has 1 rings (SSSR count). The van der Waals surface area contributed by atoms with E-state index >= 15 is 0 Å². The van der Waals surface area contributed by atoms with E-state index in [0.29, 0.717) is 24.3 Å². The van der Waals surface area contributed by atoms with Gasteiger partial charge in [-0.25, -0.2) is 4.79 Å². The molecule has 4 atom stereocenters. The lowest BCUT2D eigenvalue weighted by Crippen LogP contribution is -2.42. The Balaban J connectivity index is 3.37. The maximum absolute atomic E-state index is 12.6. The first-order chi connectivity index (χ1) is 18.6. The molecule has 0 aliphatic rings. The Morgan fingerprint density at radius 1 is 0.800 bits per heavy atom. The van der Waals surface area contributed by atoms with Crippen LogP contribution in [-0.4, -0.2) is 47.9 Å². The Morgan fingerprint density at radius 2 is 1.32 bits per heavy atom. The van der Waals surface area contributed by atoms with Gasteiger partial charge in [-0.1, -0.05) is 54.5 Å². The molecule has 3 N–H and O–H groups in total. The number of carbonyl (C=O) groups is 4. The van der Waals surface area contributed by atoms with Gasteiger partial charge in [0.2, 0.25) is 0 Å². The fraction of sp³-hybridized carbons (Fsp3) is 0.667. The van der Waals surface area contributed by atoms with E-state index in [2.05, 4.69) is 0 Å². The normalized spacial score (nSPS) is 14.4. The number of rotatable bonds is 16. The third-order valence-electron chi connectivity index (χ3n) is 6.45. The zero-order chi connectivity index (χ0) is 30.6. The molecule has 0 saturated carbocycles. The van der Waals surface area contributed by atoms with Gasteiger partial charge in [-0.05, 0) is 55.2 Å². The van der Waals surface area contributed by atoms with E-state index in [1.807, 2.05) is 41.5 Å². The van der Waals surface area contributed by atoms with E-state index in [1.54, 1.807) is 19.9 Å². The molecule has 226 valence electrons. The molecule has 0 amide bonds. The number of hydrogen-bond acceptors (Lipinski definition) is 9. The summed E-state index contributed by atoms with van der Waals surface area (Å²) >= 11 is 0. The molecule has 10 heteroatoms. The number of carbonyl (C=O) groups excluding carboxylic acids is 3. The molecule has 0 spiro atoms. The first-order valence-corrected chi connectivity index (χ1v) is 14.0. The number of nitrogens with two attached hydrogens (primary N) is 1. The summed E-state index contributed by atoms with van der Waals surface area (Å²) in [5.74, 6) is -2.95. The zero-order valence-corrected chi connectivity index (χ0v) is 25.1. The summed E-state index contributed by atoms with van der Waals surface area (Å²) in [7, 11) is 0. The first kappa shape index (κ1) is 34.9. The van der Waals surface area contributed by atoms with Gasteiger partial charge in [0.1, 0.15) is 12.1 Å². The van der Waals surface area contributed by atoms with Crippen molar-refractivity contribution in [1.82, 2.24) is 0 Å². The van der Waals surface area contributed by atoms with Crippen molar-refractivity contribution < 1.29 is 43.2 Å². The predicted octanol–water partition coefficient (Wildman–Crippen LogP) is 5.70. The van der Waals surface area contributed by atoms with E-state index in [0.717, 1.165) is 0 Å². The second-order valence-electron chi connectivity index (χ2n) is 11.5. The van der Waals surface area contributed by atoms with Gasteiger partial charge in [0.15, 0.2) is 11.5 Å². The van der Waals surface area contributed by atoms with Crippen LogP contribution in [0.2, 0.25) is 0 Å². The highest BCUT2D eigenvalue weighted by atomic mass is 16.7. The number of carboxylic acids is 1. The van der Waals surface area contributed by atoms with Crippen LogP contribution in [0.5, 0.6) is 11.5 Å². The minimum absolute atomic E-state index is 0.0103. The fourth-order valence-electron chi connectivity index (χ4n) is 3.87. The molecule has 0 aliphatic carbocycles. The molecular weight excluding hydrogens is 518 g/mol. The van der Waals surface area contributed by atoms with Crippen molar-refractivity contribution >= 4 is 24.1 Å². The van der Waals surface area contributed by atoms with Crippen LogP contribution in [0.1, 0.15) is 92.6 Å². The van der Waals surface area contributed by atoms with Gasteiger partial charge in [-0.15, -0.1) is 0 Å². The summed E-state index contributed by atoms with van der Waals surface area (Å²) in [5, 5.41) is 9.77. The summed E-state index contributed by atoms with van der Waals surface area (Å²) in [4.78, 5) is 49.2. The minimum atomic E-state index is -1.38. The van der Waals surface area contributed by atoms with E-state index in [1.165, 1.54) is 12.1 Å². The Hall–Kier alpha value is -3.14.